The third kappa shape index (κ3) is 4.10. The number of aromatic hydroxyl groups is 2. The van der Waals surface area contributed by atoms with Crippen molar-refractivity contribution >= 4 is 5.78 Å². The molecule has 3 heteroatoms. The van der Waals surface area contributed by atoms with Crippen LogP contribution in [0.3, 0.4) is 0 Å². The molecule has 0 atom stereocenters. The molecule has 0 radical (unpaired) electrons. The van der Waals surface area contributed by atoms with Crippen LogP contribution in [0.15, 0.2) is 42.5 Å². The molecule has 3 nitrogen and oxygen atoms in total. The summed E-state index contributed by atoms with van der Waals surface area (Å²) in [6.45, 7) is 2.16. The lowest BCUT2D eigenvalue weighted by atomic mass is 9.98. The molecule has 0 bridgehead atoms. The highest BCUT2D eigenvalue weighted by atomic mass is 16.3. The van der Waals surface area contributed by atoms with Gasteiger partial charge in [0.2, 0.25) is 0 Å². The fourth-order valence-electron chi connectivity index (χ4n) is 2.45. The largest absolute Gasteiger partial charge is 0.508 e. The number of phenols is 2. The van der Waals surface area contributed by atoms with E-state index in [9.17, 15) is 15.0 Å². The minimum atomic E-state index is -0.102. The summed E-state index contributed by atoms with van der Waals surface area (Å²) in [6, 6.07) is 11.2. The maximum absolute atomic E-state index is 12.4. The van der Waals surface area contributed by atoms with Crippen molar-refractivity contribution in [2.75, 3.05) is 0 Å². The number of unbranched alkanes of at least 4 members (excludes halogenated alkanes) is 3. The highest BCUT2D eigenvalue weighted by molar-refractivity contribution is 6.09. The van der Waals surface area contributed by atoms with Gasteiger partial charge >= 0.3 is 0 Å². The Morgan fingerprint density at radius 3 is 2.27 bits per heavy atom. The molecule has 0 amide bonds. The van der Waals surface area contributed by atoms with Gasteiger partial charge in [0.1, 0.15) is 11.5 Å². The van der Waals surface area contributed by atoms with Crippen LogP contribution in [0.2, 0.25) is 0 Å². The Morgan fingerprint density at radius 1 is 0.909 bits per heavy atom. The van der Waals surface area contributed by atoms with E-state index in [1.54, 1.807) is 30.3 Å². The normalized spacial score (nSPS) is 10.6. The van der Waals surface area contributed by atoms with Gasteiger partial charge in [-0.05, 0) is 60.9 Å². The lowest BCUT2D eigenvalue weighted by Gasteiger charge is -2.08. The van der Waals surface area contributed by atoms with Crippen LogP contribution < -0.4 is 0 Å². The Balaban J connectivity index is 2.14. The van der Waals surface area contributed by atoms with Crippen molar-refractivity contribution in [1.29, 1.82) is 0 Å². The number of ketones is 1. The summed E-state index contributed by atoms with van der Waals surface area (Å²) in [5.74, 6) is 0.285. The maximum Gasteiger partial charge on any atom is 0.193 e. The zero-order valence-electron chi connectivity index (χ0n) is 12.9. The number of benzene rings is 2. The first-order chi connectivity index (χ1) is 10.6. The van der Waals surface area contributed by atoms with E-state index in [2.05, 4.69) is 6.92 Å². The molecule has 0 aliphatic carbocycles. The third-order valence-corrected chi connectivity index (χ3v) is 3.77. The van der Waals surface area contributed by atoms with Gasteiger partial charge in [-0.1, -0.05) is 26.2 Å². The number of aryl methyl sites for hydroxylation is 1. The van der Waals surface area contributed by atoms with E-state index < -0.39 is 0 Å². The molecular weight excluding hydrogens is 276 g/mol. The first-order valence-electron chi connectivity index (χ1n) is 7.77. The fraction of sp³-hybridized carbons (Fsp3) is 0.316. The van der Waals surface area contributed by atoms with Gasteiger partial charge in [0.05, 0.1) is 0 Å². The van der Waals surface area contributed by atoms with Crippen LogP contribution >= 0.6 is 0 Å². The number of rotatable bonds is 7. The van der Waals surface area contributed by atoms with Gasteiger partial charge < -0.3 is 10.2 Å². The summed E-state index contributed by atoms with van der Waals surface area (Å²) in [5, 5.41) is 19.2. The van der Waals surface area contributed by atoms with E-state index in [-0.39, 0.29) is 17.3 Å². The van der Waals surface area contributed by atoms with E-state index in [1.807, 2.05) is 0 Å². The standard InChI is InChI=1S/C19H22O3/c1-2-3-4-5-6-15-13-16(9-12-18(15)21)19(22)14-7-10-17(20)11-8-14/h7-13,20-21H,2-6H2,1H3. The number of carbonyl (C=O) groups excluding carboxylic acids is 1. The molecule has 0 unspecified atom stereocenters. The quantitative estimate of drug-likeness (QED) is 0.586. The molecule has 0 aromatic heterocycles. The molecule has 0 fully saturated rings. The van der Waals surface area contributed by atoms with Gasteiger partial charge in [-0.15, -0.1) is 0 Å². The molecule has 116 valence electrons. The maximum atomic E-state index is 12.4. The lowest BCUT2D eigenvalue weighted by molar-refractivity contribution is 0.103. The molecule has 0 saturated carbocycles. The topological polar surface area (TPSA) is 57.5 Å². The molecule has 0 heterocycles. The van der Waals surface area contributed by atoms with Crippen molar-refractivity contribution in [1.82, 2.24) is 0 Å². The van der Waals surface area contributed by atoms with Gasteiger partial charge in [-0.25, -0.2) is 0 Å². The van der Waals surface area contributed by atoms with Crippen molar-refractivity contribution < 1.29 is 15.0 Å². The third-order valence-electron chi connectivity index (χ3n) is 3.77. The zero-order chi connectivity index (χ0) is 15.9. The van der Waals surface area contributed by atoms with E-state index in [1.165, 1.54) is 25.0 Å². The van der Waals surface area contributed by atoms with E-state index in [0.29, 0.717) is 11.1 Å². The van der Waals surface area contributed by atoms with Crippen LogP contribution in [0.5, 0.6) is 11.5 Å². The summed E-state index contributed by atoms with van der Waals surface area (Å²) in [5.41, 5.74) is 1.91. The predicted molar refractivity (Wildman–Crippen MR) is 87.5 cm³/mol. The van der Waals surface area contributed by atoms with Gasteiger partial charge in [-0.3, -0.25) is 4.79 Å². The second-order valence-electron chi connectivity index (χ2n) is 5.53. The Morgan fingerprint density at radius 2 is 1.59 bits per heavy atom. The van der Waals surface area contributed by atoms with E-state index in [0.717, 1.165) is 24.8 Å². The molecule has 0 aliphatic heterocycles. The summed E-state index contributed by atoms with van der Waals surface area (Å²) >= 11 is 0. The lowest BCUT2D eigenvalue weighted by Crippen LogP contribution is -2.02. The molecule has 2 aromatic rings. The van der Waals surface area contributed by atoms with E-state index >= 15 is 0 Å². The van der Waals surface area contributed by atoms with Crippen molar-refractivity contribution in [2.45, 2.75) is 39.0 Å². The Kier molecular flexibility index (Phi) is 5.59. The molecule has 0 spiro atoms. The van der Waals surface area contributed by atoms with Gasteiger partial charge in [0.25, 0.3) is 0 Å². The highest BCUT2D eigenvalue weighted by Crippen LogP contribution is 2.23. The Labute approximate surface area is 131 Å². The van der Waals surface area contributed by atoms with Crippen molar-refractivity contribution in [3.8, 4) is 11.5 Å². The monoisotopic (exact) mass is 298 g/mol. The van der Waals surface area contributed by atoms with Crippen LogP contribution in [0.1, 0.15) is 54.1 Å². The van der Waals surface area contributed by atoms with Crippen LogP contribution in [-0.4, -0.2) is 16.0 Å². The zero-order valence-corrected chi connectivity index (χ0v) is 12.9. The average Bonchev–Trinajstić information content (AvgIpc) is 2.53. The molecule has 0 aliphatic rings. The average molecular weight is 298 g/mol. The highest BCUT2D eigenvalue weighted by Gasteiger charge is 2.11. The summed E-state index contributed by atoms with van der Waals surface area (Å²) in [6.07, 6.45) is 5.28. The number of phenolic OH excluding ortho intramolecular Hbond substituents is 2. The summed E-state index contributed by atoms with van der Waals surface area (Å²) in [4.78, 5) is 12.4. The number of hydrogen-bond acceptors (Lipinski definition) is 3. The predicted octanol–water partition coefficient (Wildman–Crippen LogP) is 4.45. The summed E-state index contributed by atoms with van der Waals surface area (Å²) in [7, 11) is 0. The number of hydrogen-bond donors (Lipinski definition) is 2. The SMILES string of the molecule is CCCCCCc1cc(C(=O)c2ccc(O)cc2)ccc1O. The van der Waals surface area contributed by atoms with E-state index in [4.69, 9.17) is 0 Å². The molecule has 0 saturated heterocycles. The van der Waals surface area contributed by atoms with Crippen molar-refractivity contribution in [2.24, 2.45) is 0 Å². The van der Waals surface area contributed by atoms with Crippen molar-refractivity contribution in [3.63, 3.8) is 0 Å². The molecule has 2 rings (SSSR count). The smallest absolute Gasteiger partial charge is 0.193 e. The second kappa shape index (κ2) is 7.64. The second-order valence-corrected chi connectivity index (χ2v) is 5.53. The van der Waals surface area contributed by atoms with Crippen LogP contribution in [0.25, 0.3) is 0 Å². The molecule has 2 N–H and O–H groups in total. The number of carbonyl (C=O) groups is 1. The van der Waals surface area contributed by atoms with Gasteiger partial charge in [0, 0.05) is 11.1 Å². The summed E-state index contributed by atoms with van der Waals surface area (Å²) < 4.78 is 0. The first-order valence-corrected chi connectivity index (χ1v) is 7.77. The Bertz CT molecular complexity index is 630. The van der Waals surface area contributed by atoms with Gasteiger partial charge in [-0.2, -0.15) is 0 Å². The first kappa shape index (κ1) is 16.1. The Hall–Kier alpha value is -2.29. The van der Waals surface area contributed by atoms with Crippen LogP contribution in [-0.2, 0) is 6.42 Å². The van der Waals surface area contributed by atoms with Crippen LogP contribution in [0, 0.1) is 0 Å². The molecular formula is C19H22O3. The minimum absolute atomic E-state index is 0.102. The minimum Gasteiger partial charge on any atom is -0.508 e. The molecule has 22 heavy (non-hydrogen) atoms. The van der Waals surface area contributed by atoms with Gasteiger partial charge in [0.15, 0.2) is 5.78 Å². The fourth-order valence-corrected chi connectivity index (χ4v) is 2.45. The van der Waals surface area contributed by atoms with Crippen LogP contribution in [0.4, 0.5) is 0 Å². The van der Waals surface area contributed by atoms with Crippen molar-refractivity contribution in [3.05, 3.63) is 59.2 Å². The molecule has 2 aromatic carbocycles.